The SMILES string of the molecule is CCn1c(C2CC2)nc(C(C)(C)C)c1N. The van der Waals surface area contributed by atoms with Crippen LogP contribution in [0.15, 0.2) is 0 Å². The highest BCUT2D eigenvalue weighted by atomic mass is 15.2. The van der Waals surface area contributed by atoms with Crippen molar-refractivity contribution in [2.45, 2.75) is 58.4 Å². The second kappa shape index (κ2) is 3.26. The number of anilines is 1. The van der Waals surface area contributed by atoms with Crippen LogP contribution in [0.25, 0.3) is 0 Å². The van der Waals surface area contributed by atoms with Crippen molar-refractivity contribution in [1.82, 2.24) is 9.55 Å². The summed E-state index contributed by atoms with van der Waals surface area (Å²) >= 11 is 0. The number of rotatable bonds is 2. The largest absolute Gasteiger partial charge is 0.384 e. The predicted octanol–water partition coefficient (Wildman–Crippen LogP) is 2.66. The third kappa shape index (κ3) is 1.75. The smallest absolute Gasteiger partial charge is 0.127 e. The average Bonchev–Trinajstić information content (AvgIpc) is 2.88. The van der Waals surface area contributed by atoms with E-state index in [9.17, 15) is 0 Å². The molecule has 1 aromatic rings. The van der Waals surface area contributed by atoms with Gasteiger partial charge in [-0.05, 0) is 19.8 Å². The van der Waals surface area contributed by atoms with Gasteiger partial charge in [0.2, 0.25) is 0 Å². The summed E-state index contributed by atoms with van der Waals surface area (Å²) in [6.07, 6.45) is 2.56. The predicted molar refractivity (Wildman–Crippen MR) is 63.0 cm³/mol. The fourth-order valence-electron chi connectivity index (χ4n) is 2.02. The maximum atomic E-state index is 6.17. The molecule has 3 nitrogen and oxygen atoms in total. The number of hydrogen-bond acceptors (Lipinski definition) is 2. The van der Waals surface area contributed by atoms with E-state index in [0.717, 1.165) is 18.1 Å². The molecule has 0 atom stereocenters. The molecular weight excluding hydrogens is 186 g/mol. The van der Waals surface area contributed by atoms with E-state index in [-0.39, 0.29) is 5.41 Å². The van der Waals surface area contributed by atoms with Crippen molar-refractivity contribution in [3.63, 3.8) is 0 Å². The molecule has 1 saturated carbocycles. The summed E-state index contributed by atoms with van der Waals surface area (Å²) in [5.74, 6) is 2.75. The summed E-state index contributed by atoms with van der Waals surface area (Å²) in [7, 11) is 0. The van der Waals surface area contributed by atoms with E-state index >= 15 is 0 Å². The van der Waals surface area contributed by atoms with Gasteiger partial charge < -0.3 is 10.3 Å². The molecule has 3 heteroatoms. The Labute approximate surface area is 91.7 Å². The van der Waals surface area contributed by atoms with E-state index < -0.39 is 0 Å². The van der Waals surface area contributed by atoms with Gasteiger partial charge in [-0.2, -0.15) is 0 Å². The van der Waals surface area contributed by atoms with Gasteiger partial charge in [0, 0.05) is 17.9 Å². The molecule has 0 aromatic carbocycles. The quantitative estimate of drug-likeness (QED) is 0.810. The first-order valence-electron chi connectivity index (χ1n) is 5.81. The lowest BCUT2D eigenvalue weighted by atomic mass is 9.92. The molecule has 84 valence electrons. The van der Waals surface area contributed by atoms with Gasteiger partial charge in [0.1, 0.15) is 11.6 Å². The minimum atomic E-state index is 0.0497. The molecule has 1 heterocycles. The number of hydrogen-bond donors (Lipinski definition) is 1. The summed E-state index contributed by atoms with van der Waals surface area (Å²) in [6, 6.07) is 0. The topological polar surface area (TPSA) is 43.8 Å². The number of nitrogens with two attached hydrogens (primary N) is 1. The Bertz CT molecular complexity index is 367. The fraction of sp³-hybridized carbons (Fsp3) is 0.750. The molecule has 1 fully saturated rings. The molecule has 0 saturated heterocycles. The number of nitrogen functional groups attached to an aromatic ring is 1. The van der Waals surface area contributed by atoms with Crippen molar-refractivity contribution in [1.29, 1.82) is 0 Å². The highest BCUT2D eigenvalue weighted by Crippen LogP contribution is 2.42. The first-order chi connectivity index (χ1) is 6.95. The molecule has 1 aromatic heterocycles. The molecule has 15 heavy (non-hydrogen) atoms. The van der Waals surface area contributed by atoms with Crippen LogP contribution in [-0.2, 0) is 12.0 Å². The van der Waals surface area contributed by atoms with Crippen LogP contribution in [0.4, 0.5) is 5.82 Å². The zero-order valence-electron chi connectivity index (χ0n) is 10.2. The molecule has 0 spiro atoms. The van der Waals surface area contributed by atoms with E-state index in [1.165, 1.54) is 18.7 Å². The van der Waals surface area contributed by atoms with Crippen LogP contribution >= 0.6 is 0 Å². The summed E-state index contributed by atoms with van der Waals surface area (Å²) < 4.78 is 2.18. The second-order valence-electron chi connectivity index (χ2n) is 5.47. The Morgan fingerprint density at radius 3 is 2.40 bits per heavy atom. The summed E-state index contributed by atoms with van der Waals surface area (Å²) in [5.41, 5.74) is 7.28. The van der Waals surface area contributed by atoms with Gasteiger partial charge in [-0.15, -0.1) is 0 Å². The van der Waals surface area contributed by atoms with Crippen molar-refractivity contribution in [3.05, 3.63) is 11.5 Å². The lowest BCUT2D eigenvalue weighted by Gasteiger charge is -2.16. The van der Waals surface area contributed by atoms with Gasteiger partial charge in [-0.3, -0.25) is 0 Å². The Kier molecular flexibility index (Phi) is 2.28. The summed E-state index contributed by atoms with van der Waals surface area (Å²) in [6.45, 7) is 9.57. The van der Waals surface area contributed by atoms with Crippen LogP contribution in [0.1, 0.15) is 58.0 Å². The van der Waals surface area contributed by atoms with Crippen LogP contribution < -0.4 is 5.73 Å². The Morgan fingerprint density at radius 2 is 2.00 bits per heavy atom. The van der Waals surface area contributed by atoms with Crippen LogP contribution in [0, 0.1) is 0 Å². The minimum Gasteiger partial charge on any atom is -0.384 e. The zero-order chi connectivity index (χ0) is 11.2. The van der Waals surface area contributed by atoms with Gasteiger partial charge in [-0.1, -0.05) is 20.8 Å². The van der Waals surface area contributed by atoms with E-state index in [1.807, 2.05) is 0 Å². The van der Waals surface area contributed by atoms with E-state index in [4.69, 9.17) is 10.7 Å². The Hall–Kier alpha value is -0.990. The highest BCUT2D eigenvalue weighted by molar-refractivity contribution is 5.43. The van der Waals surface area contributed by atoms with E-state index in [2.05, 4.69) is 32.3 Å². The molecule has 1 aliphatic rings. The molecule has 0 bridgehead atoms. The number of nitrogens with zero attached hydrogens (tertiary/aromatic N) is 2. The molecular formula is C12H21N3. The zero-order valence-corrected chi connectivity index (χ0v) is 10.2. The van der Waals surface area contributed by atoms with Crippen molar-refractivity contribution < 1.29 is 0 Å². The first-order valence-corrected chi connectivity index (χ1v) is 5.81. The molecule has 0 amide bonds. The second-order valence-corrected chi connectivity index (χ2v) is 5.47. The normalized spacial score (nSPS) is 17.1. The molecule has 1 aliphatic carbocycles. The van der Waals surface area contributed by atoms with Crippen LogP contribution in [0.2, 0.25) is 0 Å². The summed E-state index contributed by atoms with van der Waals surface area (Å²) in [5, 5.41) is 0. The number of aromatic nitrogens is 2. The van der Waals surface area contributed by atoms with Crippen molar-refractivity contribution >= 4 is 5.82 Å². The Balaban J connectivity index is 2.49. The average molecular weight is 207 g/mol. The van der Waals surface area contributed by atoms with Crippen LogP contribution in [0.3, 0.4) is 0 Å². The molecule has 0 unspecified atom stereocenters. The maximum absolute atomic E-state index is 6.17. The fourth-order valence-corrected chi connectivity index (χ4v) is 2.02. The van der Waals surface area contributed by atoms with Gasteiger partial charge in [0.15, 0.2) is 0 Å². The first kappa shape index (κ1) is 10.5. The molecule has 0 radical (unpaired) electrons. The van der Waals surface area contributed by atoms with E-state index in [0.29, 0.717) is 5.92 Å². The Morgan fingerprint density at radius 1 is 1.40 bits per heavy atom. The van der Waals surface area contributed by atoms with Crippen molar-refractivity contribution in [3.8, 4) is 0 Å². The number of imidazole rings is 1. The van der Waals surface area contributed by atoms with Crippen molar-refractivity contribution in [2.75, 3.05) is 5.73 Å². The molecule has 2 rings (SSSR count). The molecule has 0 aliphatic heterocycles. The van der Waals surface area contributed by atoms with Gasteiger partial charge in [-0.25, -0.2) is 4.98 Å². The van der Waals surface area contributed by atoms with Crippen LogP contribution in [-0.4, -0.2) is 9.55 Å². The standard InChI is InChI=1S/C12H21N3/c1-5-15-10(13)9(12(2,3)4)14-11(15)8-6-7-8/h8H,5-7,13H2,1-4H3. The lowest BCUT2D eigenvalue weighted by molar-refractivity contribution is 0.573. The highest BCUT2D eigenvalue weighted by Gasteiger charge is 2.32. The maximum Gasteiger partial charge on any atom is 0.127 e. The minimum absolute atomic E-state index is 0.0497. The lowest BCUT2D eigenvalue weighted by Crippen LogP contribution is -2.15. The molecule has 2 N–H and O–H groups in total. The monoisotopic (exact) mass is 207 g/mol. The summed E-state index contributed by atoms with van der Waals surface area (Å²) in [4.78, 5) is 4.75. The van der Waals surface area contributed by atoms with Crippen LogP contribution in [0.5, 0.6) is 0 Å². The van der Waals surface area contributed by atoms with E-state index in [1.54, 1.807) is 0 Å². The van der Waals surface area contributed by atoms with Gasteiger partial charge >= 0.3 is 0 Å². The third-order valence-corrected chi connectivity index (χ3v) is 3.01. The van der Waals surface area contributed by atoms with Gasteiger partial charge in [0.05, 0.1) is 5.69 Å². The van der Waals surface area contributed by atoms with Gasteiger partial charge in [0.25, 0.3) is 0 Å². The third-order valence-electron chi connectivity index (χ3n) is 3.01. The van der Waals surface area contributed by atoms with Crippen molar-refractivity contribution in [2.24, 2.45) is 0 Å².